The molecule has 2 rings (SSSR count). The van der Waals surface area contributed by atoms with Gasteiger partial charge in [-0.1, -0.05) is 31.9 Å². The smallest absolute Gasteiger partial charge is 0.226 e. The highest BCUT2D eigenvalue weighted by atomic mass is 32.2. The number of likely N-dealkylation sites (tertiary alicyclic amines) is 1. The Kier molecular flexibility index (Phi) is 7.68. The van der Waals surface area contributed by atoms with Crippen LogP contribution < -0.4 is 0 Å². The van der Waals surface area contributed by atoms with Crippen molar-refractivity contribution in [2.24, 2.45) is 5.92 Å². The summed E-state index contributed by atoms with van der Waals surface area (Å²) < 4.78 is 5.44. The van der Waals surface area contributed by atoms with E-state index in [2.05, 4.69) is 44.0 Å². The summed E-state index contributed by atoms with van der Waals surface area (Å²) in [4.78, 5) is 15.8. The van der Waals surface area contributed by atoms with Gasteiger partial charge in [0.2, 0.25) is 5.91 Å². The van der Waals surface area contributed by atoms with Gasteiger partial charge in [-0.15, -0.1) is 18.2 Å². The first kappa shape index (κ1) is 18.9. The Morgan fingerprint density at radius 1 is 1.42 bits per heavy atom. The summed E-state index contributed by atoms with van der Waals surface area (Å²) in [5.41, 5.74) is 1.08. The number of thioether (sulfide) groups is 1. The van der Waals surface area contributed by atoms with Crippen LogP contribution in [0.25, 0.3) is 0 Å². The number of terminal acetylenes is 1. The number of hydrogen-bond donors (Lipinski definition) is 0. The van der Waals surface area contributed by atoms with Crippen LogP contribution in [0.5, 0.6) is 0 Å². The number of benzene rings is 1. The molecular weight excluding hydrogens is 318 g/mol. The molecule has 4 heteroatoms. The fraction of sp³-hybridized carbons (Fsp3) is 0.550. The molecule has 1 atom stereocenters. The van der Waals surface area contributed by atoms with Crippen molar-refractivity contribution in [2.75, 3.05) is 26.3 Å². The molecule has 1 fully saturated rings. The van der Waals surface area contributed by atoms with E-state index in [4.69, 9.17) is 11.2 Å². The van der Waals surface area contributed by atoms with Crippen LogP contribution in [0.3, 0.4) is 0 Å². The van der Waals surface area contributed by atoms with E-state index in [0.717, 1.165) is 31.5 Å². The molecule has 0 aliphatic carbocycles. The number of rotatable bonds is 7. The summed E-state index contributed by atoms with van der Waals surface area (Å²) in [5.74, 6) is 3.10. The summed E-state index contributed by atoms with van der Waals surface area (Å²) in [6.45, 7) is 7.00. The van der Waals surface area contributed by atoms with Crippen LogP contribution in [-0.2, 0) is 16.0 Å². The Balaban J connectivity index is 1.84. The standard InChI is InChI=1S/C20H27NO2S/c1-4-12-23-15-18-6-5-11-21(14-18)20(22)13-17-7-9-19(10-8-17)24-16(2)3/h1,7-10,16,18H,5-6,11-15H2,2-3H3/t18-/m1/s1. The highest BCUT2D eigenvalue weighted by Gasteiger charge is 2.23. The number of ether oxygens (including phenoxy) is 1. The van der Waals surface area contributed by atoms with Crippen molar-refractivity contribution in [1.82, 2.24) is 4.90 Å². The average Bonchev–Trinajstić information content (AvgIpc) is 2.57. The number of hydrogen-bond acceptors (Lipinski definition) is 3. The van der Waals surface area contributed by atoms with Crippen LogP contribution in [0.2, 0.25) is 0 Å². The van der Waals surface area contributed by atoms with Crippen LogP contribution in [0.4, 0.5) is 0 Å². The molecule has 1 saturated heterocycles. The second-order valence-corrected chi connectivity index (χ2v) is 8.20. The molecule has 1 heterocycles. The van der Waals surface area contributed by atoms with Crippen molar-refractivity contribution in [1.29, 1.82) is 0 Å². The fourth-order valence-corrected chi connectivity index (χ4v) is 3.79. The number of piperidine rings is 1. The monoisotopic (exact) mass is 345 g/mol. The molecule has 3 nitrogen and oxygen atoms in total. The van der Waals surface area contributed by atoms with Gasteiger partial charge in [0.1, 0.15) is 6.61 Å². The summed E-state index contributed by atoms with van der Waals surface area (Å²) >= 11 is 1.84. The second kappa shape index (κ2) is 9.76. The van der Waals surface area contributed by atoms with E-state index in [1.165, 1.54) is 4.90 Å². The molecule has 1 aromatic rings. The minimum atomic E-state index is 0.209. The van der Waals surface area contributed by atoms with Crippen LogP contribution in [0, 0.1) is 18.3 Å². The van der Waals surface area contributed by atoms with Gasteiger partial charge in [0, 0.05) is 23.2 Å². The van der Waals surface area contributed by atoms with Gasteiger partial charge in [0.05, 0.1) is 13.0 Å². The first-order chi connectivity index (χ1) is 11.6. The first-order valence-corrected chi connectivity index (χ1v) is 9.51. The van der Waals surface area contributed by atoms with Crippen LogP contribution in [0.15, 0.2) is 29.2 Å². The Bertz CT molecular complexity index is 562. The maximum Gasteiger partial charge on any atom is 0.226 e. The largest absolute Gasteiger partial charge is 0.368 e. The van der Waals surface area contributed by atoms with Gasteiger partial charge in [0.15, 0.2) is 0 Å². The summed E-state index contributed by atoms with van der Waals surface area (Å²) in [6, 6.07) is 8.36. The van der Waals surface area contributed by atoms with E-state index in [0.29, 0.717) is 30.8 Å². The minimum absolute atomic E-state index is 0.209. The lowest BCUT2D eigenvalue weighted by Crippen LogP contribution is -2.42. The zero-order valence-electron chi connectivity index (χ0n) is 14.7. The number of nitrogens with zero attached hydrogens (tertiary/aromatic N) is 1. The van der Waals surface area contributed by atoms with Gasteiger partial charge < -0.3 is 9.64 Å². The molecule has 0 saturated carbocycles. The van der Waals surface area contributed by atoms with E-state index in [-0.39, 0.29) is 5.91 Å². The van der Waals surface area contributed by atoms with Crippen molar-refractivity contribution in [3.8, 4) is 12.3 Å². The topological polar surface area (TPSA) is 29.5 Å². The molecule has 1 aliphatic heterocycles. The molecule has 0 N–H and O–H groups in total. The molecule has 0 spiro atoms. The quantitative estimate of drug-likeness (QED) is 0.429. The lowest BCUT2D eigenvalue weighted by Gasteiger charge is -2.32. The third kappa shape index (κ3) is 6.22. The lowest BCUT2D eigenvalue weighted by atomic mass is 9.98. The second-order valence-electron chi connectivity index (χ2n) is 6.55. The van der Waals surface area contributed by atoms with Gasteiger partial charge in [-0.25, -0.2) is 0 Å². The van der Waals surface area contributed by atoms with E-state index < -0.39 is 0 Å². The van der Waals surface area contributed by atoms with Crippen LogP contribution >= 0.6 is 11.8 Å². The minimum Gasteiger partial charge on any atom is -0.368 e. The molecule has 0 bridgehead atoms. The molecule has 24 heavy (non-hydrogen) atoms. The van der Waals surface area contributed by atoms with Gasteiger partial charge in [0.25, 0.3) is 0 Å². The Morgan fingerprint density at radius 3 is 2.83 bits per heavy atom. The summed E-state index contributed by atoms with van der Waals surface area (Å²) in [6.07, 6.45) is 7.83. The normalized spacial score (nSPS) is 17.8. The van der Waals surface area contributed by atoms with Crippen LogP contribution in [-0.4, -0.2) is 42.4 Å². The van der Waals surface area contributed by atoms with Crippen molar-refractivity contribution in [3.63, 3.8) is 0 Å². The molecule has 1 aliphatic rings. The van der Waals surface area contributed by atoms with E-state index in [9.17, 15) is 4.79 Å². The van der Waals surface area contributed by atoms with Crippen molar-refractivity contribution in [2.45, 2.75) is 43.3 Å². The van der Waals surface area contributed by atoms with Crippen molar-refractivity contribution < 1.29 is 9.53 Å². The Labute approximate surface area is 150 Å². The maximum atomic E-state index is 12.6. The van der Waals surface area contributed by atoms with Crippen molar-refractivity contribution in [3.05, 3.63) is 29.8 Å². The molecule has 0 aromatic heterocycles. The summed E-state index contributed by atoms with van der Waals surface area (Å²) in [7, 11) is 0. The number of carbonyl (C=O) groups excluding carboxylic acids is 1. The van der Waals surface area contributed by atoms with Gasteiger partial charge in [-0.2, -0.15) is 0 Å². The van der Waals surface area contributed by atoms with E-state index in [1.807, 2.05) is 16.7 Å². The third-order valence-corrected chi connectivity index (χ3v) is 5.08. The molecule has 1 aromatic carbocycles. The molecule has 1 amide bonds. The van der Waals surface area contributed by atoms with Crippen molar-refractivity contribution >= 4 is 17.7 Å². The molecule has 0 unspecified atom stereocenters. The highest BCUT2D eigenvalue weighted by molar-refractivity contribution is 7.99. The SMILES string of the molecule is C#CCOC[C@@H]1CCCN(C(=O)Cc2ccc(SC(C)C)cc2)C1. The zero-order chi connectivity index (χ0) is 17.4. The molecule has 130 valence electrons. The lowest BCUT2D eigenvalue weighted by molar-refractivity contribution is -0.132. The third-order valence-electron chi connectivity index (χ3n) is 4.06. The van der Waals surface area contributed by atoms with Crippen LogP contribution in [0.1, 0.15) is 32.3 Å². The Morgan fingerprint density at radius 2 is 2.17 bits per heavy atom. The summed E-state index contributed by atoms with van der Waals surface area (Å²) in [5, 5.41) is 0.569. The fourth-order valence-electron chi connectivity index (χ4n) is 2.96. The van der Waals surface area contributed by atoms with Gasteiger partial charge in [-0.3, -0.25) is 4.79 Å². The highest BCUT2D eigenvalue weighted by Crippen LogP contribution is 2.23. The predicted molar refractivity (Wildman–Crippen MR) is 100 cm³/mol. The first-order valence-electron chi connectivity index (χ1n) is 8.63. The van der Waals surface area contributed by atoms with E-state index >= 15 is 0 Å². The zero-order valence-corrected chi connectivity index (χ0v) is 15.5. The Hall–Kier alpha value is -1.44. The average molecular weight is 346 g/mol. The molecular formula is C20H27NO2S. The van der Waals surface area contributed by atoms with Gasteiger partial charge >= 0.3 is 0 Å². The van der Waals surface area contributed by atoms with Gasteiger partial charge in [-0.05, 0) is 36.5 Å². The molecule has 0 radical (unpaired) electrons. The maximum absolute atomic E-state index is 12.6. The number of carbonyl (C=O) groups is 1. The predicted octanol–water partition coefficient (Wildman–Crippen LogP) is 3.62. The van der Waals surface area contributed by atoms with E-state index in [1.54, 1.807) is 0 Å². The number of amides is 1.